The Hall–Kier alpha value is -1.42. The number of aliphatic hydroxyl groups is 1. The van der Waals surface area contributed by atoms with Crippen molar-refractivity contribution in [2.24, 2.45) is 5.92 Å². The molecule has 2 unspecified atom stereocenters. The van der Waals surface area contributed by atoms with Crippen LogP contribution in [0.4, 0.5) is 4.39 Å². The summed E-state index contributed by atoms with van der Waals surface area (Å²) in [4.78, 5) is 11.8. The molecule has 0 spiro atoms. The highest BCUT2D eigenvalue weighted by molar-refractivity contribution is 5.74. The first-order valence-corrected chi connectivity index (χ1v) is 6.49. The van der Waals surface area contributed by atoms with E-state index in [1.54, 1.807) is 6.92 Å². The van der Waals surface area contributed by atoms with Gasteiger partial charge in [-0.2, -0.15) is 0 Å². The van der Waals surface area contributed by atoms with Gasteiger partial charge in [0, 0.05) is 0 Å². The second kappa shape index (κ2) is 6.66. The van der Waals surface area contributed by atoms with Crippen LogP contribution in [0.3, 0.4) is 0 Å². The van der Waals surface area contributed by atoms with Crippen LogP contribution in [0.2, 0.25) is 0 Å². The molecule has 0 amide bonds. The van der Waals surface area contributed by atoms with Crippen LogP contribution in [0.1, 0.15) is 38.7 Å². The van der Waals surface area contributed by atoms with Crippen LogP contribution in [0.15, 0.2) is 24.3 Å². The van der Waals surface area contributed by atoms with Crippen LogP contribution in [-0.4, -0.2) is 18.2 Å². The largest absolute Gasteiger partial charge is 0.469 e. The zero-order chi connectivity index (χ0) is 14.5. The second-order valence-corrected chi connectivity index (χ2v) is 4.87. The molecule has 0 heterocycles. The van der Waals surface area contributed by atoms with Crippen molar-refractivity contribution in [1.82, 2.24) is 0 Å². The van der Waals surface area contributed by atoms with Crippen molar-refractivity contribution in [3.05, 3.63) is 35.6 Å². The predicted octanol–water partition coefficient (Wildman–Crippen LogP) is 3.01. The molecule has 4 heteroatoms. The van der Waals surface area contributed by atoms with E-state index in [4.69, 9.17) is 4.74 Å². The van der Waals surface area contributed by atoms with Gasteiger partial charge in [-0.25, -0.2) is 4.39 Å². The molecule has 0 aliphatic heterocycles. The normalized spacial score (nSPS) is 15.6. The van der Waals surface area contributed by atoms with Crippen LogP contribution in [0, 0.1) is 11.7 Å². The lowest BCUT2D eigenvalue weighted by Crippen LogP contribution is -2.38. The van der Waals surface area contributed by atoms with E-state index >= 15 is 0 Å². The fourth-order valence-corrected chi connectivity index (χ4v) is 2.17. The summed E-state index contributed by atoms with van der Waals surface area (Å²) in [5, 5.41) is 10.6. The molecule has 0 fully saturated rings. The lowest BCUT2D eigenvalue weighted by Gasteiger charge is -2.31. The molecule has 0 radical (unpaired) electrons. The number of carbonyl (C=O) groups excluding carboxylic acids is 1. The number of unbranched alkanes of at least 4 members (excludes halogenated alkanes) is 1. The summed E-state index contributed by atoms with van der Waals surface area (Å²) in [6.45, 7) is 3.58. The molecule has 0 aliphatic rings. The smallest absolute Gasteiger partial charge is 0.311 e. The first kappa shape index (κ1) is 15.6. The number of methoxy groups -OCH3 is 1. The standard InChI is InChI=1S/C15H21FO3/c1-4-5-6-13(14(17)19-3)15(2,18)11-7-9-12(16)10-8-11/h7-10,13,18H,4-6H2,1-3H3. The zero-order valence-electron chi connectivity index (χ0n) is 11.6. The van der Waals surface area contributed by atoms with Crippen LogP contribution in [-0.2, 0) is 15.1 Å². The molecule has 1 rings (SSSR count). The summed E-state index contributed by atoms with van der Waals surface area (Å²) in [7, 11) is 1.31. The average Bonchev–Trinajstić information content (AvgIpc) is 2.39. The molecule has 1 aromatic rings. The molecule has 1 aromatic carbocycles. The van der Waals surface area contributed by atoms with Crippen molar-refractivity contribution in [3.63, 3.8) is 0 Å². The van der Waals surface area contributed by atoms with E-state index in [1.165, 1.54) is 31.4 Å². The van der Waals surface area contributed by atoms with Crippen molar-refractivity contribution in [2.75, 3.05) is 7.11 Å². The lowest BCUT2D eigenvalue weighted by molar-refractivity contribution is -0.156. The van der Waals surface area contributed by atoms with Gasteiger partial charge in [0.1, 0.15) is 11.4 Å². The number of rotatable bonds is 6. The Balaban J connectivity index is 3.03. The highest BCUT2D eigenvalue weighted by Gasteiger charge is 2.39. The van der Waals surface area contributed by atoms with Crippen molar-refractivity contribution < 1.29 is 19.0 Å². The predicted molar refractivity (Wildman–Crippen MR) is 71.0 cm³/mol. The third kappa shape index (κ3) is 3.77. The van der Waals surface area contributed by atoms with Gasteiger partial charge < -0.3 is 9.84 Å². The first-order chi connectivity index (χ1) is 8.93. The maximum Gasteiger partial charge on any atom is 0.311 e. The zero-order valence-corrected chi connectivity index (χ0v) is 11.6. The van der Waals surface area contributed by atoms with Crippen molar-refractivity contribution >= 4 is 5.97 Å². The Labute approximate surface area is 113 Å². The summed E-state index contributed by atoms with van der Waals surface area (Å²) in [5.41, 5.74) is -0.851. The molecule has 0 bridgehead atoms. The topological polar surface area (TPSA) is 46.5 Å². The number of hydrogen-bond acceptors (Lipinski definition) is 3. The van der Waals surface area contributed by atoms with Gasteiger partial charge in [0.2, 0.25) is 0 Å². The Bertz CT molecular complexity index is 412. The third-order valence-corrected chi connectivity index (χ3v) is 3.44. The summed E-state index contributed by atoms with van der Waals surface area (Å²) in [6.07, 6.45) is 2.28. The highest BCUT2D eigenvalue weighted by atomic mass is 19.1. The second-order valence-electron chi connectivity index (χ2n) is 4.87. The van der Waals surface area contributed by atoms with Gasteiger partial charge in [-0.15, -0.1) is 0 Å². The molecule has 0 saturated carbocycles. The SMILES string of the molecule is CCCCC(C(=O)OC)C(C)(O)c1ccc(F)cc1. The van der Waals surface area contributed by atoms with E-state index in [2.05, 4.69) is 0 Å². The van der Waals surface area contributed by atoms with Crippen molar-refractivity contribution in [2.45, 2.75) is 38.7 Å². The van der Waals surface area contributed by atoms with E-state index in [0.29, 0.717) is 12.0 Å². The van der Waals surface area contributed by atoms with E-state index in [1.807, 2.05) is 6.92 Å². The lowest BCUT2D eigenvalue weighted by atomic mass is 9.80. The Morgan fingerprint density at radius 3 is 2.47 bits per heavy atom. The minimum atomic E-state index is -1.37. The molecule has 106 valence electrons. The summed E-state index contributed by atoms with van der Waals surface area (Å²) in [5.74, 6) is -1.46. The molecule has 0 aliphatic carbocycles. The summed E-state index contributed by atoms with van der Waals surface area (Å²) < 4.78 is 17.7. The number of carbonyl (C=O) groups is 1. The monoisotopic (exact) mass is 268 g/mol. The van der Waals surface area contributed by atoms with Gasteiger partial charge in [0.25, 0.3) is 0 Å². The number of hydrogen-bond donors (Lipinski definition) is 1. The number of ether oxygens (including phenoxy) is 1. The maximum absolute atomic E-state index is 12.9. The number of esters is 1. The van der Waals surface area contributed by atoms with Crippen LogP contribution < -0.4 is 0 Å². The molecular formula is C15H21FO3. The van der Waals surface area contributed by atoms with E-state index < -0.39 is 17.5 Å². The van der Waals surface area contributed by atoms with Gasteiger partial charge in [0.15, 0.2) is 0 Å². The number of halogens is 1. The number of benzene rings is 1. The molecule has 2 atom stereocenters. The Morgan fingerprint density at radius 2 is 2.00 bits per heavy atom. The highest BCUT2D eigenvalue weighted by Crippen LogP contribution is 2.33. The fraction of sp³-hybridized carbons (Fsp3) is 0.533. The maximum atomic E-state index is 12.9. The Morgan fingerprint density at radius 1 is 1.42 bits per heavy atom. The van der Waals surface area contributed by atoms with E-state index in [9.17, 15) is 14.3 Å². The summed E-state index contributed by atoms with van der Waals surface area (Å²) >= 11 is 0. The molecule has 0 saturated heterocycles. The minimum Gasteiger partial charge on any atom is -0.469 e. The van der Waals surface area contributed by atoms with Crippen LogP contribution in [0.25, 0.3) is 0 Å². The molecular weight excluding hydrogens is 247 g/mol. The van der Waals surface area contributed by atoms with Gasteiger partial charge in [-0.1, -0.05) is 31.9 Å². The molecule has 19 heavy (non-hydrogen) atoms. The Kier molecular flexibility index (Phi) is 5.48. The fourth-order valence-electron chi connectivity index (χ4n) is 2.17. The van der Waals surface area contributed by atoms with Gasteiger partial charge in [-0.05, 0) is 31.0 Å². The van der Waals surface area contributed by atoms with Crippen LogP contribution in [0.5, 0.6) is 0 Å². The van der Waals surface area contributed by atoms with Crippen molar-refractivity contribution in [3.8, 4) is 0 Å². The minimum absolute atomic E-state index is 0.372. The van der Waals surface area contributed by atoms with E-state index in [-0.39, 0.29) is 5.82 Å². The molecule has 3 nitrogen and oxygen atoms in total. The first-order valence-electron chi connectivity index (χ1n) is 6.49. The van der Waals surface area contributed by atoms with Gasteiger partial charge >= 0.3 is 5.97 Å². The van der Waals surface area contributed by atoms with Crippen molar-refractivity contribution in [1.29, 1.82) is 0 Å². The van der Waals surface area contributed by atoms with Gasteiger partial charge in [-0.3, -0.25) is 4.79 Å². The van der Waals surface area contributed by atoms with Crippen LogP contribution >= 0.6 is 0 Å². The van der Waals surface area contributed by atoms with Gasteiger partial charge in [0.05, 0.1) is 13.0 Å². The molecule has 1 N–H and O–H groups in total. The third-order valence-electron chi connectivity index (χ3n) is 3.44. The molecule has 0 aromatic heterocycles. The average molecular weight is 268 g/mol. The quantitative estimate of drug-likeness (QED) is 0.807. The summed E-state index contributed by atoms with van der Waals surface area (Å²) in [6, 6.07) is 5.55. The van der Waals surface area contributed by atoms with E-state index in [0.717, 1.165) is 12.8 Å².